The van der Waals surface area contributed by atoms with E-state index >= 15 is 0 Å². The third-order valence-corrected chi connectivity index (χ3v) is 4.51. The van der Waals surface area contributed by atoms with Gasteiger partial charge in [0.1, 0.15) is 11.3 Å². The highest BCUT2D eigenvalue weighted by Crippen LogP contribution is 2.42. The Hall–Kier alpha value is -1.63. The Morgan fingerprint density at radius 3 is 2.81 bits per heavy atom. The molecule has 0 spiro atoms. The minimum atomic E-state index is -0.280. The maximum absolute atomic E-state index is 14.1. The summed E-state index contributed by atoms with van der Waals surface area (Å²) >= 11 is 2.25. The normalized spacial score (nSPS) is 14.8. The van der Waals surface area contributed by atoms with E-state index in [1.165, 1.54) is 6.07 Å². The lowest BCUT2D eigenvalue weighted by Gasteiger charge is -2.10. The number of para-hydroxylation sites is 1. The molecule has 1 aliphatic rings. The lowest BCUT2D eigenvalue weighted by atomic mass is 10.1. The van der Waals surface area contributed by atoms with Crippen molar-refractivity contribution in [1.82, 2.24) is 9.55 Å². The lowest BCUT2D eigenvalue weighted by Crippen LogP contribution is -2.00. The summed E-state index contributed by atoms with van der Waals surface area (Å²) in [5.41, 5.74) is 8.95. The van der Waals surface area contributed by atoms with Gasteiger partial charge in [-0.2, -0.15) is 0 Å². The van der Waals surface area contributed by atoms with Crippen LogP contribution in [0.4, 0.5) is 10.1 Å². The molecule has 0 saturated heterocycles. The Balaban J connectivity index is 2.06. The first-order valence-electron chi connectivity index (χ1n) is 6.87. The molecule has 1 aliphatic carbocycles. The van der Waals surface area contributed by atoms with Crippen LogP contribution in [0.25, 0.3) is 22.4 Å². The molecular formula is C16H13FIN3. The SMILES string of the molecule is Nc1ccc(I)cc1-c1nc2c(F)cccc2n1C1CC1. The monoisotopic (exact) mass is 393 g/mol. The van der Waals surface area contributed by atoms with Crippen molar-refractivity contribution in [3.63, 3.8) is 0 Å². The van der Waals surface area contributed by atoms with Gasteiger partial charge in [0.2, 0.25) is 0 Å². The summed E-state index contributed by atoms with van der Waals surface area (Å²) in [6.07, 6.45) is 2.22. The molecule has 0 aliphatic heterocycles. The topological polar surface area (TPSA) is 43.8 Å². The van der Waals surface area contributed by atoms with Crippen molar-refractivity contribution in [1.29, 1.82) is 0 Å². The highest BCUT2D eigenvalue weighted by Gasteiger charge is 2.29. The molecule has 4 rings (SSSR count). The van der Waals surface area contributed by atoms with Gasteiger partial charge in [0.25, 0.3) is 0 Å². The maximum atomic E-state index is 14.1. The predicted molar refractivity (Wildman–Crippen MR) is 90.5 cm³/mol. The van der Waals surface area contributed by atoms with Crippen molar-refractivity contribution < 1.29 is 4.39 Å². The molecule has 3 nitrogen and oxygen atoms in total. The number of nitrogen functional groups attached to an aromatic ring is 1. The Labute approximate surface area is 135 Å². The van der Waals surface area contributed by atoms with Crippen molar-refractivity contribution in [3.8, 4) is 11.4 Å². The van der Waals surface area contributed by atoms with Crippen molar-refractivity contribution in [2.45, 2.75) is 18.9 Å². The number of fused-ring (bicyclic) bond motifs is 1. The second-order valence-electron chi connectivity index (χ2n) is 5.38. The van der Waals surface area contributed by atoms with E-state index in [-0.39, 0.29) is 5.82 Å². The number of hydrogen-bond acceptors (Lipinski definition) is 2. The van der Waals surface area contributed by atoms with E-state index in [0.717, 1.165) is 33.3 Å². The van der Waals surface area contributed by atoms with Crippen molar-refractivity contribution in [2.75, 3.05) is 5.73 Å². The lowest BCUT2D eigenvalue weighted by molar-refractivity contribution is 0.637. The van der Waals surface area contributed by atoms with Crippen LogP contribution in [-0.2, 0) is 0 Å². The fourth-order valence-electron chi connectivity index (χ4n) is 2.70. The standard InChI is InChI=1S/C16H13FIN3/c17-12-2-1-3-14-15(12)20-16(21(14)10-5-6-10)11-8-9(18)4-7-13(11)19/h1-4,7-8,10H,5-6,19H2. The molecule has 0 amide bonds. The molecule has 21 heavy (non-hydrogen) atoms. The fraction of sp³-hybridized carbons (Fsp3) is 0.188. The van der Waals surface area contributed by atoms with Gasteiger partial charge in [-0.05, 0) is 65.8 Å². The third kappa shape index (κ3) is 2.10. The molecular weight excluding hydrogens is 380 g/mol. The van der Waals surface area contributed by atoms with Crippen LogP contribution in [0.15, 0.2) is 36.4 Å². The average molecular weight is 393 g/mol. The van der Waals surface area contributed by atoms with Crippen LogP contribution in [0.3, 0.4) is 0 Å². The van der Waals surface area contributed by atoms with Gasteiger partial charge in [0, 0.05) is 20.9 Å². The zero-order valence-electron chi connectivity index (χ0n) is 11.2. The van der Waals surface area contributed by atoms with Crippen LogP contribution in [0.5, 0.6) is 0 Å². The minimum Gasteiger partial charge on any atom is -0.398 e. The van der Waals surface area contributed by atoms with Gasteiger partial charge in [-0.3, -0.25) is 0 Å². The first-order valence-corrected chi connectivity index (χ1v) is 7.95. The van der Waals surface area contributed by atoms with Gasteiger partial charge in [-0.1, -0.05) is 6.07 Å². The van der Waals surface area contributed by atoms with Gasteiger partial charge in [0.15, 0.2) is 5.82 Å². The van der Waals surface area contributed by atoms with E-state index in [1.807, 2.05) is 24.3 Å². The molecule has 0 atom stereocenters. The quantitative estimate of drug-likeness (QED) is 0.519. The number of nitrogens with zero attached hydrogens (tertiary/aromatic N) is 2. The van der Waals surface area contributed by atoms with Gasteiger partial charge >= 0.3 is 0 Å². The van der Waals surface area contributed by atoms with Crippen LogP contribution in [0.1, 0.15) is 18.9 Å². The third-order valence-electron chi connectivity index (χ3n) is 3.84. The zero-order valence-corrected chi connectivity index (χ0v) is 13.3. The molecule has 0 bridgehead atoms. The van der Waals surface area contributed by atoms with Crippen molar-refractivity contribution in [2.24, 2.45) is 0 Å². The number of aromatic nitrogens is 2. The molecule has 2 N–H and O–H groups in total. The number of halogens is 2. The van der Waals surface area contributed by atoms with E-state index in [9.17, 15) is 4.39 Å². The fourth-order valence-corrected chi connectivity index (χ4v) is 3.19. The minimum absolute atomic E-state index is 0.280. The summed E-state index contributed by atoms with van der Waals surface area (Å²) in [6.45, 7) is 0. The van der Waals surface area contributed by atoms with Crippen LogP contribution in [0, 0.1) is 9.39 Å². The predicted octanol–water partition coefficient (Wildman–Crippen LogP) is 4.36. The maximum Gasteiger partial charge on any atom is 0.151 e. The largest absolute Gasteiger partial charge is 0.398 e. The van der Waals surface area contributed by atoms with Crippen LogP contribution in [-0.4, -0.2) is 9.55 Å². The van der Waals surface area contributed by atoms with E-state index in [4.69, 9.17) is 5.73 Å². The molecule has 106 valence electrons. The Morgan fingerprint density at radius 2 is 2.05 bits per heavy atom. The molecule has 1 fully saturated rings. The molecule has 0 unspecified atom stereocenters. The molecule has 1 heterocycles. The number of hydrogen-bond donors (Lipinski definition) is 1. The van der Waals surface area contributed by atoms with Gasteiger partial charge < -0.3 is 10.3 Å². The summed E-state index contributed by atoms with van der Waals surface area (Å²) in [4.78, 5) is 4.55. The van der Waals surface area contributed by atoms with E-state index in [2.05, 4.69) is 32.1 Å². The van der Waals surface area contributed by atoms with Crippen molar-refractivity contribution in [3.05, 3.63) is 45.8 Å². The Bertz CT molecular complexity index is 852. The zero-order chi connectivity index (χ0) is 14.6. The molecule has 1 saturated carbocycles. The number of nitrogens with two attached hydrogens (primary N) is 1. The summed E-state index contributed by atoms with van der Waals surface area (Å²) < 4.78 is 17.3. The van der Waals surface area contributed by atoms with Gasteiger partial charge in [-0.25, -0.2) is 9.37 Å². The summed E-state index contributed by atoms with van der Waals surface area (Å²) in [5, 5.41) is 0. The number of rotatable bonds is 2. The second-order valence-corrected chi connectivity index (χ2v) is 6.62. The smallest absolute Gasteiger partial charge is 0.151 e. The van der Waals surface area contributed by atoms with E-state index in [1.54, 1.807) is 6.07 Å². The van der Waals surface area contributed by atoms with Crippen molar-refractivity contribution >= 4 is 39.3 Å². The van der Waals surface area contributed by atoms with Crippen LogP contribution >= 0.6 is 22.6 Å². The second kappa shape index (κ2) is 4.69. The highest BCUT2D eigenvalue weighted by atomic mass is 127. The molecule has 2 aromatic carbocycles. The molecule has 5 heteroatoms. The van der Waals surface area contributed by atoms with Crippen LogP contribution in [0.2, 0.25) is 0 Å². The summed E-state index contributed by atoms with van der Waals surface area (Å²) in [6, 6.07) is 11.4. The van der Waals surface area contributed by atoms with Gasteiger partial charge in [-0.15, -0.1) is 0 Å². The first kappa shape index (κ1) is 13.1. The highest BCUT2D eigenvalue weighted by molar-refractivity contribution is 14.1. The summed E-state index contributed by atoms with van der Waals surface area (Å²) in [7, 11) is 0. The Morgan fingerprint density at radius 1 is 1.24 bits per heavy atom. The first-order chi connectivity index (χ1) is 10.1. The number of anilines is 1. The molecule has 0 radical (unpaired) electrons. The van der Waals surface area contributed by atoms with Gasteiger partial charge in [0.05, 0.1) is 5.52 Å². The number of imidazole rings is 1. The Kier molecular flexibility index (Phi) is 2.92. The number of benzene rings is 2. The average Bonchev–Trinajstić information content (AvgIpc) is 3.22. The van der Waals surface area contributed by atoms with E-state index in [0.29, 0.717) is 17.2 Å². The summed E-state index contributed by atoms with van der Waals surface area (Å²) in [5.74, 6) is 0.492. The van der Waals surface area contributed by atoms with E-state index < -0.39 is 0 Å². The molecule has 3 aromatic rings. The van der Waals surface area contributed by atoms with Crippen LogP contribution < -0.4 is 5.73 Å². The molecule has 1 aromatic heterocycles.